The Morgan fingerprint density at radius 2 is 2.32 bits per heavy atom. The number of nitrogens with zero attached hydrogens (tertiary/aromatic N) is 5. The fourth-order valence-corrected chi connectivity index (χ4v) is 2.55. The van der Waals surface area contributed by atoms with Gasteiger partial charge in [0, 0.05) is 24.9 Å². The lowest BCUT2D eigenvalue weighted by Gasteiger charge is -2.13. The molecule has 22 heavy (non-hydrogen) atoms. The zero-order chi connectivity index (χ0) is 16.1. The number of anilines is 1. The Hall–Kier alpha value is -2.49. The van der Waals surface area contributed by atoms with Crippen molar-refractivity contribution in [3.8, 4) is 0 Å². The Morgan fingerprint density at radius 1 is 1.55 bits per heavy atom. The van der Waals surface area contributed by atoms with Crippen LogP contribution in [-0.4, -0.2) is 36.3 Å². The van der Waals surface area contributed by atoms with Gasteiger partial charge in [0.15, 0.2) is 0 Å². The van der Waals surface area contributed by atoms with E-state index in [-0.39, 0.29) is 11.6 Å². The van der Waals surface area contributed by atoms with E-state index in [1.165, 1.54) is 34.6 Å². The third-order valence-corrected chi connectivity index (χ3v) is 4.21. The molecule has 0 spiro atoms. The average Bonchev–Trinajstić information content (AvgIpc) is 2.90. The van der Waals surface area contributed by atoms with E-state index in [0.717, 1.165) is 0 Å². The second-order valence-corrected chi connectivity index (χ2v) is 5.57. The van der Waals surface area contributed by atoms with Crippen molar-refractivity contribution in [1.29, 1.82) is 0 Å². The number of nitro benzene ring substituents is 1. The Morgan fingerprint density at radius 3 is 2.91 bits per heavy atom. The summed E-state index contributed by atoms with van der Waals surface area (Å²) in [4.78, 5) is 22.5. The van der Waals surface area contributed by atoms with E-state index >= 15 is 0 Å². The number of tetrazole rings is 1. The monoisotopic (exact) mass is 322 g/mol. The van der Waals surface area contributed by atoms with E-state index < -0.39 is 10.2 Å². The first kappa shape index (κ1) is 15.9. The van der Waals surface area contributed by atoms with E-state index in [1.807, 2.05) is 6.92 Å². The topological polar surface area (TPSA) is 116 Å². The number of aryl methyl sites for hydroxylation is 1. The van der Waals surface area contributed by atoms with Crippen LogP contribution < -0.4 is 5.32 Å². The highest BCUT2D eigenvalue weighted by Crippen LogP contribution is 2.24. The van der Waals surface area contributed by atoms with Gasteiger partial charge in [0.2, 0.25) is 11.1 Å². The van der Waals surface area contributed by atoms with Crippen LogP contribution in [0.4, 0.5) is 11.4 Å². The fourth-order valence-electron chi connectivity index (χ4n) is 1.69. The highest BCUT2D eigenvalue weighted by molar-refractivity contribution is 8.00. The van der Waals surface area contributed by atoms with Crippen molar-refractivity contribution in [2.24, 2.45) is 7.05 Å². The maximum absolute atomic E-state index is 12.3. The minimum absolute atomic E-state index is 0.0731. The van der Waals surface area contributed by atoms with Gasteiger partial charge in [0.25, 0.3) is 5.69 Å². The van der Waals surface area contributed by atoms with Gasteiger partial charge in [-0.2, -0.15) is 0 Å². The molecule has 0 radical (unpaired) electrons. The molecule has 1 heterocycles. The summed E-state index contributed by atoms with van der Waals surface area (Å²) in [5, 5.41) is 24.6. The van der Waals surface area contributed by atoms with Crippen molar-refractivity contribution < 1.29 is 9.72 Å². The molecule has 0 saturated heterocycles. The Kier molecular flexibility index (Phi) is 5.04. The quantitative estimate of drug-likeness (QED) is 0.488. The van der Waals surface area contributed by atoms with Gasteiger partial charge >= 0.3 is 0 Å². The molecule has 0 saturated carbocycles. The maximum Gasteiger partial charge on any atom is 0.271 e. The first-order chi connectivity index (χ1) is 10.5. The number of non-ortho nitro benzene ring substituents is 1. The summed E-state index contributed by atoms with van der Waals surface area (Å²) in [7, 11) is 1.69. The molecule has 1 aromatic carbocycles. The van der Waals surface area contributed by atoms with Gasteiger partial charge in [-0.05, 0) is 22.9 Å². The lowest BCUT2D eigenvalue weighted by atomic mass is 10.2. The number of benzene rings is 1. The molecular weight excluding hydrogens is 308 g/mol. The minimum atomic E-state index is -0.507. The van der Waals surface area contributed by atoms with Crippen molar-refractivity contribution in [3.63, 3.8) is 0 Å². The van der Waals surface area contributed by atoms with Gasteiger partial charge in [-0.25, -0.2) is 4.68 Å². The molecule has 0 aliphatic rings. The molecule has 0 aliphatic carbocycles. The molecule has 1 N–H and O–H groups in total. The second-order valence-electron chi connectivity index (χ2n) is 4.40. The smallest absolute Gasteiger partial charge is 0.271 e. The van der Waals surface area contributed by atoms with Crippen LogP contribution in [0.25, 0.3) is 0 Å². The number of rotatable bonds is 6. The molecule has 0 aliphatic heterocycles. The van der Waals surface area contributed by atoms with Crippen LogP contribution in [0.5, 0.6) is 0 Å². The number of nitrogens with one attached hydrogen (secondary N) is 1. The SMILES string of the molecule is CCC(Sc1nnnn1C)C(=O)Nc1cccc([N+](=O)[O-])c1. The molecule has 2 aromatic rings. The Labute approximate surface area is 130 Å². The molecule has 116 valence electrons. The summed E-state index contributed by atoms with van der Waals surface area (Å²) >= 11 is 1.24. The normalized spacial score (nSPS) is 11.9. The lowest BCUT2D eigenvalue weighted by Crippen LogP contribution is -2.25. The first-order valence-corrected chi connectivity index (χ1v) is 7.33. The first-order valence-electron chi connectivity index (χ1n) is 6.45. The number of thioether (sulfide) groups is 1. The van der Waals surface area contributed by atoms with Crippen molar-refractivity contribution in [2.45, 2.75) is 23.8 Å². The number of nitro groups is 1. The van der Waals surface area contributed by atoms with Crippen LogP contribution in [0.2, 0.25) is 0 Å². The van der Waals surface area contributed by atoms with Crippen LogP contribution in [-0.2, 0) is 11.8 Å². The van der Waals surface area contributed by atoms with Crippen LogP contribution in [0.3, 0.4) is 0 Å². The largest absolute Gasteiger partial charge is 0.325 e. The maximum atomic E-state index is 12.3. The highest BCUT2D eigenvalue weighted by atomic mass is 32.2. The number of hydrogen-bond donors (Lipinski definition) is 1. The van der Waals surface area contributed by atoms with Crippen LogP contribution >= 0.6 is 11.8 Å². The van der Waals surface area contributed by atoms with Gasteiger partial charge in [0.05, 0.1) is 10.2 Å². The minimum Gasteiger partial charge on any atom is -0.325 e. The predicted octanol–water partition coefficient (Wildman–Crippen LogP) is 1.63. The third-order valence-electron chi connectivity index (χ3n) is 2.82. The van der Waals surface area contributed by atoms with E-state index in [2.05, 4.69) is 20.8 Å². The van der Waals surface area contributed by atoms with E-state index in [9.17, 15) is 14.9 Å². The summed E-state index contributed by atoms with van der Waals surface area (Å²) in [6, 6.07) is 5.81. The van der Waals surface area contributed by atoms with E-state index in [4.69, 9.17) is 0 Å². The van der Waals surface area contributed by atoms with Crippen molar-refractivity contribution in [1.82, 2.24) is 20.2 Å². The van der Waals surface area contributed by atoms with Gasteiger partial charge in [0.1, 0.15) is 0 Å². The number of carbonyl (C=O) groups is 1. The Balaban J connectivity index is 2.07. The summed E-state index contributed by atoms with van der Waals surface area (Å²) in [5.41, 5.74) is 0.311. The van der Waals surface area contributed by atoms with Gasteiger partial charge in [-0.3, -0.25) is 14.9 Å². The highest BCUT2D eigenvalue weighted by Gasteiger charge is 2.21. The van der Waals surface area contributed by atoms with Crippen molar-refractivity contribution >= 4 is 29.0 Å². The van der Waals surface area contributed by atoms with Crippen molar-refractivity contribution in [2.75, 3.05) is 5.32 Å². The zero-order valence-electron chi connectivity index (χ0n) is 12.0. The summed E-state index contributed by atoms with van der Waals surface area (Å²) < 4.78 is 1.48. The fraction of sp³-hybridized carbons (Fsp3) is 0.333. The standard InChI is InChI=1S/C12H14N6O3S/c1-3-10(22-12-14-15-16-17(12)2)11(19)13-8-5-4-6-9(7-8)18(20)21/h4-7,10H,3H2,1-2H3,(H,13,19). The summed E-state index contributed by atoms with van der Waals surface area (Å²) in [6.07, 6.45) is 0.568. The van der Waals surface area contributed by atoms with Crippen LogP contribution in [0.15, 0.2) is 29.4 Å². The molecule has 1 amide bonds. The molecule has 0 fully saturated rings. The molecule has 1 aromatic heterocycles. The van der Waals surface area contributed by atoms with Crippen LogP contribution in [0.1, 0.15) is 13.3 Å². The number of hydrogen-bond acceptors (Lipinski definition) is 7. The van der Waals surface area contributed by atoms with Gasteiger partial charge < -0.3 is 5.32 Å². The van der Waals surface area contributed by atoms with Gasteiger partial charge in [-0.15, -0.1) is 5.10 Å². The molecular formula is C12H14N6O3S. The molecule has 0 bridgehead atoms. The predicted molar refractivity (Wildman–Crippen MR) is 80.5 cm³/mol. The third kappa shape index (κ3) is 3.79. The molecule has 10 heteroatoms. The number of amides is 1. The number of aromatic nitrogens is 4. The number of carbonyl (C=O) groups excluding carboxylic acids is 1. The van der Waals surface area contributed by atoms with E-state index in [0.29, 0.717) is 17.3 Å². The summed E-state index contributed by atoms with van der Waals surface area (Å²) in [5.74, 6) is -0.254. The van der Waals surface area contributed by atoms with E-state index in [1.54, 1.807) is 13.1 Å². The Bertz CT molecular complexity index is 689. The average molecular weight is 322 g/mol. The second kappa shape index (κ2) is 6.98. The molecule has 9 nitrogen and oxygen atoms in total. The zero-order valence-corrected chi connectivity index (χ0v) is 12.8. The molecule has 1 unspecified atom stereocenters. The summed E-state index contributed by atoms with van der Waals surface area (Å²) in [6.45, 7) is 1.87. The van der Waals surface area contributed by atoms with Gasteiger partial charge in [-0.1, -0.05) is 24.8 Å². The molecule has 1 atom stereocenters. The van der Waals surface area contributed by atoms with Crippen molar-refractivity contribution in [3.05, 3.63) is 34.4 Å². The lowest BCUT2D eigenvalue weighted by molar-refractivity contribution is -0.384. The van der Waals surface area contributed by atoms with Crippen LogP contribution in [0, 0.1) is 10.1 Å². The molecule has 2 rings (SSSR count).